The average Bonchev–Trinajstić information content (AvgIpc) is 2.70. The van der Waals surface area contributed by atoms with Gasteiger partial charge in [0.05, 0.1) is 7.11 Å². The van der Waals surface area contributed by atoms with Crippen LogP contribution >= 0.6 is 0 Å². The first-order valence-corrected chi connectivity index (χ1v) is 6.77. The summed E-state index contributed by atoms with van der Waals surface area (Å²) in [5, 5.41) is 0. The van der Waals surface area contributed by atoms with Gasteiger partial charge in [0.2, 0.25) is 0 Å². The Bertz CT molecular complexity index is 460. The molecule has 0 aromatic heterocycles. The zero-order valence-electron chi connectivity index (χ0n) is 11.1. The van der Waals surface area contributed by atoms with Gasteiger partial charge in [0.1, 0.15) is 17.1 Å². The second-order valence-corrected chi connectivity index (χ2v) is 5.67. The van der Waals surface area contributed by atoms with E-state index in [-0.39, 0.29) is 11.6 Å². The maximum Gasteiger partial charge on any atom is 0.125 e. The fraction of sp³-hybridized carbons (Fsp3) is 0.600. The number of fused-ring (bicyclic) bond motifs is 1. The molecule has 2 aliphatic rings. The molecule has 98 valence electrons. The van der Waals surface area contributed by atoms with E-state index < -0.39 is 0 Å². The number of nitrogens with two attached hydrogens (primary N) is 1. The second kappa shape index (κ2) is 4.16. The number of rotatable bonds is 1. The predicted molar refractivity (Wildman–Crippen MR) is 70.9 cm³/mol. The summed E-state index contributed by atoms with van der Waals surface area (Å²) in [6.45, 7) is 2.29. The Morgan fingerprint density at radius 1 is 1.44 bits per heavy atom. The first kappa shape index (κ1) is 11.8. The summed E-state index contributed by atoms with van der Waals surface area (Å²) in [6.07, 6.45) is 4.55. The van der Waals surface area contributed by atoms with Crippen LogP contribution in [0.3, 0.4) is 0 Å². The molecule has 1 fully saturated rings. The summed E-state index contributed by atoms with van der Waals surface area (Å²) in [4.78, 5) is 0. The van der Waals surface area contributed by atoms with E-state index in [4.69, 9.17) is 15.2 Å². The normalized spacial score (nSPS) is 34.2. The maximum absolute atomic E-state index is 6.35. The van der Waals surface area contributed by atoms with Gasteiger partial charge in [0, 0.05) is 18.0 Å². The van der Waals surface area contributed by atoms with Crippen molar-refractivity contribution in [1.82, 2.24) is 0 Å². The van der Waals surface area contributed by atoms with Gasteiger partial charge in [-0.25, -0.2) is 0 Å². The van der Waals surface area contributed by atoms with Gasteiger partial charge in [-0.3, -0.25) is 0 Å². The number of benzene rings is 1. The summed E-state index contributed by atoms with van der Waals surface area (Å²) >= 11 is 0. The van der Waals surface area contributed by atoms with Crippen LogP contribution in [0.25, 0.3) is 0 Å². The number of hydrogen-bond donors (Lipinski definition) is 1. The van der Waals surface area contributed by atoms with Crippen LogP contribution in [0.2, 0.25) is 0 Å². The maximum atomic E-state index is 6.35. The Morgan fingerprint density at radius 2 is 2.28 bits per heavy atom. The van der Waals surface area contributed by atoms with Crippen LogP contribution in [-0.2, 0) is 0 Å². The van der Waals surface area contributed by atoms with Gasteiger partial charge in [-0.2, -0.15) is 0 Å². The smallest absolute Gasteiger partial charge is 0.125 e. The molecule has 0 amide bonds. The van der Waals surface area contributed by atoms with E-state index >= 15 is 0 Å². The van der Waals surface area contributed by atoms with Gasteiger partial charge in [-0.1, -0.05) is 6.92 Å². The molecule has 1 aromatic rings. The Balaban J connectivity index is 1.98. The lowest BCUT2D eigenvalue weighted by Gasteiger charge is -2.41. The van der Waals surface area contributed by atoms with Crippen LogP contribution in [0.4, 0.5) is 0 Å². The van der Waals surface area contributed by atoms with E-state index in [1.807, 2.05) is 18.2 Å². The van der Waals surface area contributed by atoms with Crippen LogP contribution in [-0.4, -0.2) is 12.7 Å². The SMILES string of the molecule is COc1ccc2c(c1)C(N)CC1(CCCC1C)O2. The zero-order chi connectivity index (χ0) is 12.8. The standard InChI is InChI=1S/C15H21NO2/c1-10-4-3-7-15(10)9-13(16)12-8-11(17-2)5-6-14(12)18-15/h5-6,8,10,13H,3-4,7,9,16H2,1-2H3. The van der Waals surface area contributed by atoms with Gasteiger partial charge < -0.3 is 15.2 Å². The lowest BCUT2D eigenvalue weighted by atomic mass is 9.81. The highest BCUT2D eigenvalue weighted by molar-refractivity contribution is 5.44. The van der Waals surface area contributed by atoms with Crippen LogP contribution in [0, 0.1) is 5.92 Å². The molecule has 0 bridgehead atoms. The molecule has 3 unspecified atom stereocenters. The van der Waals surface area contributed by atoms with Crippen LogP contribution in [0.5, 0.6) is 11.5 Å². The minimum Gasteiger partial charge on any atom is -0.497 e. The van der Waals surface area contributed by atoms with Crippen molar-refractivity contribution < 1.29 is 9.47 Å². The van der Waals surface area contributed by atoms with Crippen molar-refractivity contribution in [1.29, 1.82) is 0 Å². The highest BCUT2D eigenvalue weighted by Crippen LogP contribution is 2.49. The van der Waals surface area contributed by atoms with Gasteiger partial charge in [-0.15, -0.1) is 0 Å². The van der Waals surface area contributed by atoms with Crippen LogP contribution in [0.1, 0.15) is 44.2 Å². The van der Waals surface area contributed by atoms with E-state index in [1.54, 1.807) is 7.11 Å². The topological polar surface area (TPSA) is 44.5 Å². The highest BCUT2D eigenvalue weighted by Gasteiger charge is 2.46. The van der Waals surface area contributed by atoms with E-state index in [9.17, 15) is 0 Å². The van der Waals surface area contributed by atoms with E-state index in [0.29, 0.717) is 5.92 Å². The average molecular weight is 247 g/mol. The molecule has 1 spiro atoms. The molecule has 0 saturated heterocycles. The first-order valence-electron chi connectivity index (χ1n) is 6.77. The van der Waals surface area contributed by atoms with Crippen molar-refractivity contribution in [3.05, 3.63) is 23.8 Å². The molecule has 2 N–H and O–H groups in total. The molecule has 1 aromatic carbocycles. The summed E-state index contributed by atoms with van der Waals surface area (Å²) < 4.78 is 11.6. The molecule has 1 heterocycles. The molecule has 3 heteroatoms. The molecule has 1 saturated carbocycles. The van der Waals surface area contributed by atoms with E-state index in [2.05, 4.69) is 6.92 Å². The highest BCUT2D eigenvalue weighted by atomic mass is 16.5. The molecular formula is C15H21NO2. The molecular weight excluding hydrogens is 226 g/mol. The number of hydrogen-bond acceptors (Lipinski definition) is 3. The van der Waals surface area contributed by atoms with E-state index in [0.717, 1.165) is 29.9 Å². The first-order chi connectivity index (χ1) is 8.64. The fourth-order valence-corrected chi connectivity index (χ4v) is 3.45. The van der Waals surface area contributed by atoms with Crippen molar-refractivity contribution >= 4 is 0 Å². The van der Waals surface area contributed by atoms with Crippen molar-refractivity contribution in [3.8, 4) is 11.5 Å². The van der Waals surface area contributed by atoms with Crippen LogP contribution < -0.4 is 15.2 Å². The fourth-order valence-electron chi connectivity index (χ4n) is 3.45. The summed E-state index contributed by atoms with van der Waals surface area (Å²) in [5.74, 6) is 2.39. The molecule has 3 atom stereocenters. The number of ether oxygens (including phenoxy) is 2. The third-order valence-electron chi connectivity index (χ3n) is 4.63. The lowest BCUT2D eigenvalue weighted by Crippen LogP contribution is -2.44. The largest absolute Gasteiger partial charge is 0.497 e. The summed E-state index contributed by atoms with van der Waals surface area (Å²) in [7, 11) is 1.68. The van der Waals surface area contributed by atoms with Gasteiger partial charge in [0.15, 0.2) is 0 Å². The Labute approximate surface area is 108 Å². The predicted octanol–water partition coefficient (Wildman–Crippen LogP) is 3.04. The second-order valence-electron chi connectivity index (χ2n) is 5.67. The molecule has 18 heavy (non-hydrogen) atoms. The lowest BCUT2D eigenvalue weighted by molar-refractivity contribution is 0.00657. The molecule has 3 nitrogen and oxygen atoms in total. The zero-order valence-corrected chi connectivity index (χ0v) is 11.1. The quantitative estimate of drug-likeness (QED) is 0.829. The van der Waals surface area contributed by atoms with Crippen molar-refractivity contribution in [2.24, 2.45) is 11.7 Å². The van der Waals surface area contributed by atoms with Gasteiger partial charge >= 0.3 is 0 Å². The molecule has 3 rings (SSSR count). The van der Waals surface area contributed by atoms with E-state index in [1.165, 1.54) is 12.8 Å². The van der Waals surface area contributed by atoms with Gasteiger partial charge in [0.25, 0.3) is 0 Å². The van der Waals surface area contributed by atoms with Crippen molar-refractivity contribution in [3.63, 3.8) is 0 Å². The molecule has 1 aliphatic heterocycles. The Hall–Kier alpha value is -1.22. The van der Waals surface area contributed by atoms with Gasteiger partial charge in [-0.05, 0) is 43.4 Å². The minimum absolute atomic E-state index is 0.0268. The molecule has 1 aliphatic carbocycles. The Kier molecular flexibility index (Phi) is 2.74. The Morgan fingerprint density at radius 3 is 2.94 bits per heavy atom. The van der Waals surface area contributed by atoms with Crippen molar-refractivity contribution in [2.75, 3.05) is 7.11 Å². The summed E-state index contributed by atoms with van der Waals surface area (Å²) in [5.41, 5.74) is 7.41. The third kappa shape index (κ3) is 1.69. The summed E-state index contributed by atoms with van der Waals surface area (Å²) in [6, 6.07) is 6.01. The third-order valence-corrected chi connectivity index (χ3v) is 4.63. The van der Waals surface area contributed by atoms with Crippen LogP contribution in [0.15, 0.2) is 18.2 Å². The van der Waals surface area contributed by atoms with Crippen molar-refractivity contribution in [2.45, 2.75) is 44.2 Å². The monoisotopic (exact) mass is 247 g/mol. The number of methoxy groups -OCH3 is 1. The minimum atomic E-state index is -0.0268. The molecule has 0 radical (unpaired) electrons.